The van der Waals surface area contributed by atoms with Crippen molar-refractivity contribution in [3.05, 3.63) is 224 Å². The number of hydrogen-bond acceptors (Lipinski definition) is 2. The van der Waals surface area contributed by atoms with Gasteiger partial charge < -0.3 is 13.7 Å². The molecule has 4 aromatic heterocycles. The molecule has 0 bridgehead atoms. The van der Waals surface area contributed by atoms with Gasteiger partial charge >= 0.3 is 0 Å². The lowest BCUT2D eigenvalue weighted by atomic mass is 10.0. The van der Waals surface area contributed by atoms with E-state index in [1.54, 1.807) is 0 Å². The average molecular weight is 828 g/mol. The Balaban J connectivity index is 0.970. The summed E-state index contributed by atoms with van der Waals surface area (Å²) in [5.41, 5.74) is 15.9. The zero-order valence-corrected chi connectivity index (χ0v) is 35.1. The average Bonchev–Trinajstić information content (AvgIpc) is 4.00. The quantitative estimate of drug-likeness (QED) is 0.173. The summed E-state index contributed by atoms with van der Waals surface area (Å²) in [7, 11) is 0. The first-order valence-electron chi connectivity index (χ1n) is 22.2. The van der Waals surface area contributed by atoms with Crippen LogP contribution in [0.15, 0.2) is 224 Å². The fraction of sp³-hybridized carbons (Fsp3) is 0. The summed E-state index contributed by atoms with van der Waals surface area (Å²) < 4.78 is 7.20. The molecule has 5 nitrogen and oxygen atoms in total. The van der Waals surface area contributed by atoms with Gasteiger partial charge in [0.25, 0.3) is 0 Å². The predicted octanol–water partition coefficient (Wildman–Crippen LogP) is 15.4. The zero-order valence-electron chi connectivity index (χ0n) is 35.1. The lowest BCUT2D eigenvalue weighted by Gasteiger charge is -2.14. The van der Waals surface area contributed by atoms with Crippen LogP contribution in [-0.2, 0) is 0 Å². The molecule has 0 saturated carbocycles. The second-order valence-corrected chi connectivity index (χ2v) is 17.0. The Morgan fingerprint density at radius 1 is 0.262 bits per heavy atom. The molecule has 0 aliphatic heterocycles. The van der Waals surface area contributed by atoms with E-state index in [1.807, 2.05) is 12.1 Å². The summed E-state index contributed by atoms with van der Waals surface area (Å²) in [6.07, 6.45) is 0. The third kappa shape index (κ3) is 5.33. The highest BCUT2D eigenvalue weighted by atomic mass is 15.0. The molecule has 0 fully saturated rings. The van der Waals surface area contributed by atoms with Gasteiger partial charge in [0.05, 0.1) is 61.2 Å². The van der Waals surface area contributed by atoms with Crippen LogP contribution in [0, 0.1) is 0 Å². The van der Waals surface area contributed by atoms with Gasteiger partial charge in [0.2, 0.25) is 0 Å². The van der Waals surface area contributed by atoms with Crippen molar-refractivity contribution in [3.63, 3.8) is 0 Å². The first-order chi connectivity index (χ1) is 32.2. The number of hydrogen-bond donors (Lipinski definition) is 0. The summed E-state index contributed by atoms with van der Waals surface area (Å²) in [6.45, 7) is 0. The third-order valence-electron chi connectivity index (χ3n) is 13.4. The molecule has 0 unspecified atom stereocenters. The molecule has 14 aromatic rings. The third-order valence-corrected chi connectivity index (χ3v) is 13.4. The number of aromatic nitrogens is 5. The fourth-order valence-corrected chi connectivity index (χ4v) is 10.5. The molecule has 0 N–H and O–H groups in total. The Kier molecular flexibility index (Phi) is 7.62. The first-order valence-corrected chi connectivity index (χ1v) is 22.2. The number of nitrogens with zero attached hydrogens (tertiary/aromatic N) is 5. The maximum Gasteiger partial charge on any atom is 0.0973 e. The minimum Gasteiger partial charge on any atom is -0.309 e. The van der Waals surface area contributed by atoms with E-state index in [9.17, 15) is 0 Å². The van der Waals surface area contributed by atoms with Gasteiger partial charge in [0, 0.05) is 60.2 Å². The Morgan fingerprint density at radius 2 is 0.738 bits per heavy atom. The van der Waals surface area contributed by atoms with Crippen molar-refractivity contribution in [1.29, 1.82) is 0 Å². The highest BCUT2D eigenvalue weighted by Gasteiger charge is 2.21. The molecule has 0 amide bonds. The standard InChI is InChI=1S/C60H37N5/c1-2-18-41(19-3-1)63-52-27-10-6-23-45(52)48-35-40(32-33-57(48)63)60-59(61-50-25-8-9-26-51(50)62-60)39-17-14-20-42(34-39)64-53-28-11-7-24-46(53)49-37-47-38(36-58(49)64)16-15-31-56(47)65-54-29-12-4-21-43(54)44-22-5-13-30-55(44)65/h1-37H. The van der Waals surface area contributed by atoms with Crippen LogP contribution < -0.4 is 0 Å². The van der Waals surface area contributed by atoms with Crippen LogP contribution in [0.4, 0.5) is 0 Å². The number of para-hydroxylation sites is 7. The topological polar surface area (TPSA) is 40.6 Å². The van der Waals surface area contributed by atoms with Crippen LogP contribution in [0.3, 0.4) is 0 Å². The second-order valence-electron chi connectivity index (χ2n) is 17.0. The molecule has 10 aromatic carbocycles. The van der Waals surface area contributed by atoms with Gasteiger partial charge in [-0.2, -0.15) is 0 Å². The van der Waals surface area contributed by atoms with Gasteiger partial charge in [0.1, 0.15) is 0 Å². The Hall–Kier alpha value is -8.80. The lowest BCUT2D eigenvalue weighted by molar-refractivity contribution is 1.18. The minimum atomic E-state index is 0.846. The summed E-state index contributed by atoms with van der Waals surface area (Å²) in [5, 5.41) is 9.71. The molecule has 0 spiro atoms. The van der Waals surface area contributed by atoms with Crippen molar-refractivity contribution in [2.24, 2.45) is 0 Å². The van der Waals surface area contributed by atoms with E-state index < -0.39 is 0 Å². The lowest BCUT2D eigenvalue weighted by Crippen LogP contribution is -1.98. The molecule has 0 atom stereocenters. The second kappa shape index (κ2) is 13.9. The SMILES string of the molecule is c1ccc(-n2c3ccccc3c3cc(-c4nc5ccccc5nc4-c4cccc(-n5c6ccccc6c6cc7c(-n8c9ccccc9c9ccccc98)cccc7cc65)c4)ccc32)cc1. The molecule has 4 heterocycles. The van der Waals surface area contributed by atoms with E-state index in [1.165, 1.54) is 65.3 Å². The largest absolute Gasteiger partial charge is 0.309 e. The Bertz CT molecular complexity index is 4190. The van der Waals surface area contributed by atoms with Crippen molar-refractivity contribution >= 4 is 87.2 Å². The molecule has 0 saturated heterocycles. The number of benzene rings is 10. The van der Waals surface area contributed by atoms with Crippen LogP contribution in [-0.4, -0.2) is 23.7 Å². The van der Waals surface area contributed by atoms with Gasteiger partial charge in [0.15, 0.2) is 0 Å². The number of rotatable bonds is 5. The van der Waals surface area contributed by atoms with Crippen molar-refractivity contribution in [2.45, 2.75) is 0 Å². The smallest absolute Gasteiger partial charge is 0.0973 e. The highest BCUT2D eigenvalue weighted by molar-refractivity contribution is 6.16. The molecule has 65 heavy (non-hydrogen) atoms. The number of fused-ring (bicyclic) bond motifs is 11. The zero-order chi connectivity index (χ0) is 42.6. The van der Waals surface area contributed by atoms with E-state index >= 15 is 0 Å². The molecular formula is C60H37N5. The Morgan fingerprint density at radius 3 is 1.38 bits per heavy atom. The van der Waals surface area contributed by atoms with Crippen molar-refractivity contribution in [3.8, 4) is 39.6 Å². The van der Waals surface area contributed by atoms with Gasteiger partial charge in [-0.1, -0.05) is 133 Å². The molecule has 5 heteroatoms. The van der Waals surface area contributed by atoms with Gasteiger partial charge in [-0.05, 0) is 96.4 Å². The van der Waals surface area contributed by atoms with Gasteiger partial charge in [-0.15, -0.1) is 0 Å². The van der Waals surface area contributed by atoms with Crippen LogP contribution in [0.1, 0.15) is 0 Å². The van der Waals surface area contributed by atoms with Gasteiger partial charge in [-0.25, -0.2) is 9.97 Å². The summed E-state index contributed by atoms with van der Waals surface area (Å²) in [4.78, 5) is 10.8. The predicted molar refractivity (Wildman–Crippen MR) is 271 cm³/mol. The van der Waals surface area contributed by atoms with E-state index in [-0.39, 0.29) is 0 Å². The summed E-state index contributed by atoms with van der Waals surface area (Å²) in [6, 6.07) is 80.8. The Labute approximate surface area is 373 Å². The van der Waals surface area contributed by atoms with Crippen molar-refractivity contribution < 1.29 is 0 Å². The van der Waals surface area contributed by atoms with Crippen molar-refractivity contribution in [2.75, 3.05) is 0 Å². The van der Waals surface area contributed by atoms with E-state index in [2.05, 4.69) is 226 Å². The summed E-state index contributed by atoms with van der Waals surface area (Å²) in [5.74, 6) is 0. The summed E-state index contributed by atoms with van der Waals surface area (Å²) >= 11 is 0. The van der Waals surface area contributed by atoms with Gasteiger partial charge in [-0.3, -0.25) is 0 Å². The van der Waals surface area contributed by atoms with Crippen LogP contribution in [0.2, 0.25) is 0 Å². The maximum absolute atomic E-state index is 5.40. The molecular weight excluding hydrogens is 791 g/mol. The molecule has 0 aliphatic rings. The molecule has 302 valence electrons. The molecule has 0 radical (unpaired) electrons. The van der Waals surface area contributed by atoms with E-state index in [4.69, 9.17) is 9.97 Å². The maximum atomic E-state index is 5.40. The molecule has 0 aliphatic carbocycles. The fourth-order valence-electron chi connectivity index (χ4n) is 10.5. The van der Waals surface area contributed by atoms with Crippen LogP contribution in [0.5, 0.6) is 0 Å². The first kappa shape index (κ1) is 35.8. The van der Waals surface area contributed by atoms with E-state index in [0.29, 0.717) is 0 Å². The van der Waals surface area contributed by atoms with Crippen LogP contribution >= 0.6 is 0 Å². The van der Waals surface area contributed by atoms with E-state index in [0.717, 1.165) is 61.5 Å². The monoisotopic (exact) mass is 827 g/mol. The normalized spacial score (nSPS) is 12.0. The van der Waals surface area contributed by atoms with Crippen LogP contribution in [0.25, 0.3) is 127 Å². The minimum absolute atomic E-state index is 0.846. The molecule has 14 rings (SSSR count). The highest BCUT2D eigenvalue weighted by Crippen LogP contribution is 2.41. The van der Waals surface area contributed by atoms with Crippen molar-refractivity contribution in [1.82, 2.24) is 23.7 Å².